The molecule has 0 aromatic carbocycles. The van der Waals surface area contributed by atoms with Gasteiger partial charge in [-0.3, -0.25) is 10.1 Å². The van der Waals surface area contributed by atoms with E-state index in [0.29, 0.717) is 0 Å². The molecule has 0 amide bonds. The summed E-state index contributed by atoms with van der Waals surface area (Å²) in [6.45, 7) is -0.441. The lowest BCUT2D eigenvalue weighted by Crippen LogP contribution is -1.93. The quantitative estimate of drug-likeness (QED) is 0.487. The number of aromatic nitrogens is 1. The maximum absolute atomic E-state index is 10.1. The molecule has 0 aliphatic heterocycles. The van der Waals surface area contributed by atoms with Gasteiger partial charge in [-0.05, 0) is 0 Å². The lowest BCUT2D eigenvalue weighted by molar-refractivity contribution is -0.385. The predicted octanol–water partition coefficient (Wildman–Crippen LogP) is 0.188. The average Bonchev–Trinajstić information content (AvgIpc) is 2.04. The Hall–Kier alpha value is -1.69. The van der Waals surface area contributed by atoms with Crippen molar-refractivity contribution in [3.05, 3.63) is 28.1 Å². The highest BCUT2D eigenvalue weighted by Crippen LogP contribution is 2.20. The van der Waals surface area contributed by atoms with Gasteiger partial charge >= 0.3 is 0 Å². The molecule has 6 nitrogen and oxygen atoms in total. The van der Waals surface area contributed by atoms with Crippen LogP contribution in [0.4, 0.5) is 5.69 Å². The zero-order valence-corrected chi connectivity index (χ0v) is 5.97. The molecule has 0 atom stereocenters. The van der Waals surface area contributed by atoms with Gasteiger partial charge in [-0.25, -0.2) is 4.98 Å². The molecule has 0 aliphatic rings. The van der Waals surface area contributed by atoms with Gasteiger partial charge in [-0.15, -0.1) is 0 Å². The van der Waals surface area contributed by atoms with E-state index in [-0.39, 0.29) is 17.1 Å². The molecule has 0 spiro atoms. The predicted molar refractivity (Wildman–Crippen MR) is 38.5 cm³/mol. The van der Waals surface area contributed by atoms with Crippen molar-refractivity contribution < 1.29 is 15.1 Å². The second-order valence-corrected chi connectivity index (χ2v) is 2.07. The third-order valence-corrected chi connectivity index (χ3v) is 1.29. The summed E-state index contributed by atoms with van der Waals surface area (Å²) in [6, 6.07) is 0.943. The van der Waals surface area contributed by atoms with Crippen molar-refractivity contribution in [3.63, 3.8) is 0 Å². The van der Waals surface area contributed by atoms with E-state index in [4.69, 9.17) is 10.2 Å². The highest BCUT2D eigenvalue weighted by molar-refractivity contribution is 5.37. The summed E-state index contributed by atoms with van der Waals surface area (Å²) < 4.78 is 0. The van der Waals surface area contributed by atoms with Gasteiger partial charge in [0.1, 0.15) is 17.6 Å². The van der Waals surface area contributed by atoms with Crippen LogP contribution in [-0.4, -0.2) is 20.1 Å². The fourth-order valence-electron chi connectivity index (χ4n) is 0.693. The van der Waals surface area contributed by atoms with E-state index >= 15 is 0 Å². The first-order chi connectivity index (χ1) is 5.65. The number of hydrogen-bond donors (Lipinski definition) is 2. The van der Waals surface area contributed by atoms with Crippen molar-refractivity contribution in [1.82, 2.24) is 4.98 Å². The summed E-state index contributed by atoms with van der Waals surface area (Å²) in [5.74, 6) is -0.369. The maximum Gasteiger partial charge on any atom is 0.291 e. The fourth-order valence-corrected chi connectivity index (χ4v) is 0.693. The van der Waals surface area contributed by atoms with E-state index in [1.54, 1.807) is 0 Å². The first kappa shape index (κ1) is 8.41. The average molecular weight is 170 g/mol. The van der Waals surface area contributed by atoms with Crippen LogP contribution in [0.5, 0.6) is 5.75 Å². The minimum absolute atomic E-state index is 0.0283. The van der Waals surface area contributed by atoms with E-state index in [1.807, 2.05) is 0 Å². The first-order valence-electron chi connectivity index (χ1n) is 3.08. The second kappa shape index (κ2) is 3.14. The van der Waals surface area contributed by atoms with E-state index < -0.39 is 11.5 Å². The van der Waals surface area contributed by atoms with Crippen LogP contribution in [0.25, 0.3) is 0 Å². The number of rotatable bonds is 2. The van der Waals surface area contributed by atoms with Gasteiger partial charge in [0.05, 0.1) is 17.6 Å². The Morgan fingerprint density at radius 3 is 2.75 bits per heavy atom. The van der Waals surface area contributed by atoms with Gasteiger partial charge in [-0.2, -0.15) is 0 Å². The highest BCUT2D eigenvalue weighted by atomic mass is 16.6. The van der Waals surface area contributed by atoms with Crippen molar-refractivity contribution in [2.24, 2.45) is 0 Å². The SMILES string of the molecule is O=[N+]([O-])c1cnc(CO)c(O)c1. The smallest absolute Gasteiger partial charge is 0.291 e. The van der Waals surface area contributed by atoms with Crippen molar-refractivity contribution >= 4 is 5.69 Å². The Morgan fingerprint density at radius 1 is 1.67 bits per heavy atom. The second-order valence-electron chi connectivity index (χ2n) is 2.07. The molecule has 0 radical (unpaired) electrons. The number of nitro groups is 1. The fraction of sp³-hybridized carbons (Fsp3) is 0.167. The van der Waals surface area contributed by atoms with Crippen molar-refractivity contribution in [2.45, 2.75) is 6.61 Å². The Kier molecular flexibility index (Phi) is 2.20. The van der Waals surface area contributed by atoms with Crippen molar-refractivity contribution in [3.8, 4) is 5.75 Å². The summed E-state index contributed by atoms with van der Waals surface area (Å²) in [6.07, 6.45) is 0.977. The largest absolute Gasteiger partial charge is 0.506 e. The number of aliphatic hydroxyl groups is 1. The Labute approximate surface area is 67.3 Å². The Bertz CT molecular complexity index is 312. The van der Waals surface area contributed by atoms with Gasteiger partial charge in [0.2, 0.25) is 0 Å². The Balaban J connectivity index is 3.10. The van der Waals surface area contributed by atoms with Gasteiger partial charge in [0.15, 0.2) is 0 Å². The lowest BCUT2D eigenvalue weighted by atomic mass is 10.3. The summed E-state index contributed by atoms with van der Waals surface area (Å²) in [5.41, 5.74) is -0.273. The molecule has 0 saturated heterocycles. The number of nitrogens with zero attached hydrogens (tertiary/aromatic N) is 2. The van der Waals surface area contributed by atoms with Crippen LogP contribution in [0.3, 0.4) is 0 Å². The summed E-state index contributed by atoms with van der Waals surface area (Å²) in [7, 11) is 0. The molecule has 6 heteroatoms. The molecular formula is C6H6N2O4. The van der Waals surface area contributed by atoms with Gasteiger partial charge < -0.3 is 10.2 Å². The molecule has 1 heterocycles. The number of aliphatic hydroxyl groups excluding tert-OH is 1. The number of hydrogen-bond acceptors (Lipinski definition) is 5. The normalized spacial score (nSPS) is 9.75. The molecule has 64 valence electrons. The van der Waals surface area contributed by atoms with Crippen LogP contribution < -0.4 is 0 Å². The number of pyridine rings is 1. The topological polar surface area (TPSA) is 96.5 Å². The Morgan fingerprint density at radius 2 is 2.33 bits per heavy atom. The third-order valence-electron chi connectivity index (χ3n) is 1.29. The molecule has 0 fully saturated rings. The molecule has 0 bridgehead atoms. The van der Waals surface area contributed by atoms with Gasteiger partial charge in [0, 0.05) is 0 Å². The zero-order valence-electron chi connectivity index (χ0n) is 5.97. The van der Waals surface area contributed by atoms with E-state index in [0.717, 1.165) is 12.3 Å². The molecule has 2 N–H and O–H groups in total. The van der Waals surface area contributed by atoms with E-state index in [9.17, 15) is 10.1 Å². The molecule has 1 aromatic heterocycles. The van der Waals surface area contributed by atoms with Crippen LogP contribution in [0.2, 0.25) is 0 Å². The minimum atomic E-state index is -0.673. The van der Waals surface area contributed by atoms with Gasteiger partial charge in [0.25, 0.3) is 5.69 Å². The minimum Gasteiger partial charge on any atom is -0.506 e. The molecule has 1 aromatic rings. The molecule has 0 unspecified atom stereocenters. The van der Waals surface area contributed by atoms with Crippen LogP contribution >= 0.6 is 0 Å². The number of aromatic hydroxyl groups is 1. The third kappa shape index (κ3) is 1.48. The monoisotopic (exact) mass is 170 g/mol. The standard InChI is InChI=1S/C6H6N2O4/c9-3-5-6(10)1-4(2-7-5)8(11)12/h1-2,9-10H,3H2. The van der Waals surface area contributed by atoms with Crippen LogP contribution in [0.1, 0.15) is 5.69 Å². The lowest BCUT2D eigenvalue weighted by Gasteiger charge is -1.97. The molecule has 0 saturated carbocycles. The van der Waals surface area contributed by atoms with E-state index in [2.05, 4.69) is 4.98 Å². The molecule has 12 heavy (non-hydrogen) atoms. The summed E-state index contributed by atoms with van der Waals surface area (Å²) in [5, 5.41) is 27.7. The van der Waals surface area contributed by atoms with Crippen LogP contribution in [-0.2, 0) is 6.61 Å². The maximum atomic E-state index is 10.1. The summed E-state index contributed by atoms with van der Waals surface area (Å²) in [4.78, 5) is 12.9. The van der Waals surface area contributed by atoms with Crippen LogP contribution in [0, 0.1) is 10.1 Å². The highest BCUT2D eigenvalue weighted by Gasteiger charge is 2.09. The van der Waals surface area contributed by atoms with Crippen molar-refractivity contribution in [1.29, 1.82) is 0 Å². The zero-order chi connectivity index (χ0) is 9.14. The van der Waals surface area contributed by atoms with E-state index in [1.165, 1.54) is 0 Å². The summed E-state index contributed by atoms with van der Waals surface area (Å²) >= 11 is 0. The molecular weight excluding hydrogens is 164 g/mol. The molecule has 0 aliphatic carbocycles. The first-order valence-corrected chi connectivity index (χ1v) is 3.08. The van der Waals surface area contributed by atoms with Gasteiger partial charge in [-0.1, -0.05) is 0 Å². The van der Waals surface area contributed by atoms with Crippen LogP contribution in [0.15, 0.2) is 12.3 Å². The molecule has 1 rings (SSSR count). The van der Waals surface area contributed by atoms with Crippen molar-refractivity contribution in [2.75, 3.05) is 0 Å².